The van der Waals surface area contributed by atoms with E-state index in [0.717, 1.165) is 105 Å². The molecule has 0 spiro atoms. The molecule has 8 nitrogen and oxygen atoms in total. The van der Waals surface area contributed by atoms with Gasteiger partial charge in [0, 0.05) is 82.0 Å². The lowest BCUT2D eigenvalue weighted by atomic mass is 9.94. The molecule has 2 saturated heterocycles. The lowest BCUT2D eigenvalue weighted by molar-refractivity contribution is -0.108. The van der Waals surface area contributed by atoms with Gasteiger partial charge in [-0.25, -0.2) is 0 Å². The highest BCUT2D eigenvalue weighted by Gasteiger charge is 2.25. The number of rotatable bonds is 12. The summed E-state index contributed by atoms with van der Waals surface area (Å²) in [5.41, 5.74) is 9.07. The molecule has 246 valence electrons. The second-order valence-corrected chi connectivity index (χ2v) is 11.8. The predicted molar refractivity (Wildman–Crippen MR) is 187 cm³/mol. The summed E-state index contributed by atoms with van der Waals surface area (Å²) in [7, 11) is 0. The molecule has 2 aromatic carbocycles. The number of nitrogens with zero attached hydrogens (tertiary/aromatic N) is 2. The molecule has 0 unspecified atom stereocenters. The number of anilines is 1. The number of ether oxygens (including phenoxy) is 1. The van der Waals surface area contributed by atoms with Gasteiger partial charge < -0.3 is 25.6 Å². The van der Waals surface area contributed by atoms with Gasteiger partial charge in [0.05, 0.1) is 0 Å². The highest BCUT2D eigenvalue weighted by Crippen LogP contribution is 2.34. The molecule has 0 aromatic heterocycles. The molecule has 4 rings (SSSR count). The van der Waals surface area contributed by atoms with E-state index in [1.54, 1.807) is 0 Å². The highest BCUT2D eigenvalue weighted by molar-refractivity contribution is 5.99. The molecule has 45 heavy (non-hydrogen) atoms. The molecular weight excluding hydrogens is 562 g/mol. The van der Waals surface area contributed by atoms with Crippen molar-refractivity contribution in [3.8, 4) is 11.1 Å². The third kappa shape index (κ3) is 10.3. The summed E-state index contributed by atoms with van der Waals surface area (Å²) >= 11 is 0. The molecule has 0 saturated carbocycles. The average molecular weight is 618 g/mol. The minimum atomic E-state index is -0.0853. The third-order valence-electron chi connectivity index (χ3n) is 8.72. The molecule has 2 amide bonds. The number of carbonyl (C=O) groups is 2. The van der Waals surface area contributed by atoms with E-state index in [1.165, 1.54) is 5.56 Å². The summed E-state index contributed by atoms with van der Waals surface area (Å²) in [5, 5.41) is 9.24. The van der Waals surface area contributed by atoms with Crippen LogP contribution in [0.15, 0.2) is 59.3 Å². The third-order valence-corrected chi connectivity index (χ3v) is 8.72. The zero-order valence-corrected chi connectivity index (χ0v) is 28.6. The Labute approximate surface area is 271 Å². The first-order valence-electron chi connectivity index (χ1n) is 16.6. The van der Waals surface area contributed by atoms with Gasteiger partial charge in [-0.2, -0.15) is 0 Å². The van der Waals surface area contributed by atoms with Crippen LogP contribution >= 0.6 is 0 Å². The Kier molecular flexibility index (Phi) is 14.8. The van der Waals surface area contributed by atoms with Gasteiger partial charge in [-0.15, -0.1) is 0 Å². The van der Waals surface area contributed by atoms with Crippen LogP contribution in [-0.4, -0.2) is 75.7 Å². The molecule has 2 heterocycles. The molecule has 2 fully saturated rings. The number of carbonyl (C=O) groups excluding carboxylic acids is 2. The zero-order valence-electron chi connectivity index (χ0n) is 28.6. The van der Waals surface area contributed by atoms with E-state index in [4.69, 9.17) is 4.74 Å². The Balaban J connectivity index is 0.00000271. The van der Waals surface area contributed by atoms with E-state index in [0.29, 0.717) is 24.6 Å². The largest absolute Gasteiger partial charge is 0.381 e. The van der Waals surface area contributed by atoms with Crippen LogP contribution < -0.4 is 20.9 Å². The lowest BCUT2D eigenvalue weighted by Crippen LogP contribution is -2.42. The summed E-state index contributed by atoms with van der Waals surface area (Å²) < 4.78 is 5.66. The predicted octanol–water partition coefficient (Wildman–Crippen LogP) is 5.81. The van der Waals surface area contributed by atoms with Crippen molar-refractivity contribution in [2.45, 2.75) is 73.9 Å². The van der Waals surface area contributed by atoms with Crippen LogP contribution in [0, 0.1) is 6.92 Å². The number of nitrogens with one attached hydrogen (secondary N) is 3. The number of allylic oxidation sites excluding steroid dienone is 3. The van der Waals surface area contributed by atoms with E-state index in [-0.39, 0.29) is 5.91 Å². The van der Waals surface area contributed by atoms with E-state index in [2.05, 4.69) is 69.9 Å². The van der Waals surface area contributed by atoms with E-state index < -0.39 is 0 Å². The van der Waals surface area contributed by atoms with Crippen LogP contribution in [0.2, 0.25) is 0 Å². The number of benzene rings is 2. The van der Waals surface area contributed by atoms with Crippen LogP contribution in [0.25, 0.3) is 11.1 Å². The van der Waals surface area contributed by atoms with Gasteiger partial charge in [-0.05, 0) is 93.5 Å². The Morgan fingerprint density at radius 3 is 2.33 bits per heavy atom. The van der Waals surface area contributed by atoms with Crippen LogP contribution in [0.4, 0.5) is 5.69 Å². The van der Waals surface area contributed by atoms with Crippen molar-refractivity contribution in [3.63, 3.8) is 0 Å². The van der Waals surface area contributed by atoms with E-state index in [9.17, 15) is 9.59 Å². The quantitative estimate of drug-likeness (QED) is 0.206. The molecular formula is C37H55N5O3. The van der Waals surface area contributed by atoms with Crippen molar-refractivity contribution in [1.82, 2.24) is 20.9 Å². The maximum atomic E-state index is 13.8. The fraction of sp³-hybridized carbons (Fsp3) is 0.514. The van der Waals surface area contributed by atoms with Gasteiger partial charge in [0.25, 0.3) is 5.91 Å². The zero-order chi connectivity index (χ0) is 32.8. The lowest BCUT2D eigenvalue weighted by Gasteiger charge is -2.37. The molecule has 2 aromatic rings. The minimum absolute atomic E-state index is 0.0853. The molecule has 0 radical (unpaired) electrons. The Morgan fingerprint density at radius 2 is 1.71 bits per heavy atom. The summed E-state index contributed by atoms with van der Waals surface area (Å²) in [5.74, 6) is -0.0853. The average Bonchev–Trinajstić information content (AvgIpc) is 3.07. The molecule has 8 heteroatoms. The molecule has 0 bridgehead atoms. The number of hydrogen-bond acceptors (Lipinski definition) is 6. The highest BCUT2D eigenvalue weighted by atomic mass is 16.5. The second-order valence-electron chi connectivity index (χ2n) is 11.8. The first kappa shape index (κ1) is 36.0. The summed E-state index contributed by atoms with van der Waals surface area (Å²) in [4.78, 5) is 29.5. The standard InChI is InChI=1S/C35H49N5O3.C2H6/c1-6-40(32-11-17-43-18-12-32)34-21-31(30-9-7-29(8-10-30)23-39-15-13-36-14-16-39)20-33(28(34)5)35(42)37-22-26(3)25(2)19-27(4)38-24-41;1-2/h7-10,19-21,24,32,36H,6,11-18,22-23H2,1-5H3,(H,37,42)(H,38,41);1-2H3/b26-25+,27-19-;. The normalized spacial score (nSPS) is 16.6. The smallest absolute Gasteiger partial charge is 0.251 e. The first-order chi connectivity index (χ1) is 21.8. The maximum Gasteiger partial charge on any atom is 0.251 e. The van der Waals surface area contributed by atoms with Gasteiger partial charge in [0.1, 0.15) is 0 Å². The van der Waals surface area contributed by atoms with Gasteiger partial charge >= 0.3 is 0 Å². The van der Waals surface area contributed by atoms with Crippen LogP contribution in [0.1, 0.15) is 75.9 Å². The van der Waals surface area contributed by atoms with Crippen molar-refractivity contribution in [2.24, 2.45) is 0 Å². The SMILES string of the molecule is CC.CCN(c1cc(-c2ccc(CN3CCNCC3)cc2)cc(C(=O)NC/C(C)=C(C)/C=C(/C)NC=O)c1C)C1CCOCC1. The van der Waals surface area contributed by atoms with Gasteiger partial charge in [0.15, 0.2) is 0 Å². The molecule has 3 N–H and O–H groups in total. The molecule has 2 aliphatic rings. The van der Waals surface area contributed by atoms with Crippen molar-refractivity contribution in [1.29, 1.82) is 0 Å². The molecule has 0 atom stereocenters. The van der Waals surface area contributed by atoms with Gasteiger partial charge in [-0.1, -0.05) is 43.7 Å². The van der Waals surface area contributed by atoms with E-state index >= 15 is 0 Å². The number of amides is 2. The van der Waals surface area contributed by atoms with Crippen molar-refractivity contribution in [3.05, 3.63) is 76.0 Å². The van der Waals surface area contributed by atoms with Crippen LogP contribution in [0.3, 0.4) is 0 Å². The Morgan fingerprint density at radius 1 is 1.04 bits per heavy atom. The molecule has 2 aliphatic heterocycles. The second kappa shape index (κ2) is 18.5. The summed E-state index contributed by atoms with van der Waals surface area (Å²) in [6, 6.07) is 13.5. The summed E-state index contributed by atoms with van der Waals surface area (Å²) in [6.07, 6.45) is 4.55. The first-order valence-corrected chi connectivity index (χ1v) is 16.6. The summed E-state index contributed by atoms with van der Waals surface area (Å²) in [6.45, 7) is 22.1. The Bertz CT molecular complexity index is 1310. The Hall–Kier alpha value is -3.46. The monoisotopic (exact) mass is 617 g/mol. The topological polar surface area (TPSA) is 85.9 Å². The van der Waals surface area contributed by atoms with Crippen LogP contribution in [-0.2, 0) is 16.1 Å². The fourth-order valence-electron chi connectivity index (χ4n) is 5.98. The van der Waals surface area contributed by atoms with Crippen molar-refractivity contribution >= 4 is 18.0 Å². The maximum absolute atomic E-state index is 13.8. The van der Waals surface area contributed by atoms with Crippen molar-refractivity contribution < 1.29 is 14.3 Å². The van der Waals surface area contributed by atoms with E-state index in [1.807, 2.05) is 46.8 Å². The fourth-order valence-corrected chi connectivity index (χ4v) is 5.98. The van der Waals surface area contributed by atoms with Crippen molar-refractivity contribution in [2.75, 3.05) is 57.4 Å². The number of hydrogen-bond donors (Lipinski definition) is 3. The molecule has 0 aliphatic carbocycles. The van der Waals surface area contributed by atoms with Gasteiger partial charge in [0.2, 0.25) is 6.41 Å². The van der Waals surface area contributed by atoms with Gasteiger partial charge in [-0.3, -0.25) is 14.5 Å². The number of piperazine rings is 1. The van der Waals surface area contributed by atoms with Crippen LogP contribution in [0.5, 0.6) is 0 Å². The minimum Gasteiger partial charge on any atom is -0.381 e.